The zero-order valence-electron chi connectivity index (χ0n) is 5.60. The van der Waals surface area contributed by atoms with Crippen LogP contribution in [0.1, 0.15) is 12.6 Å². The molecule has 0 unspecified atom stereocenters. The number of hydrogen-bond donors (Lipinski definition) is 2. The summed E-state index contributed by atoms with van der Waals surface area (Å²) in [6.45, 7) is 2.05. The van der Waals surface area contributed by atoms with Crippen LogP contribution in [0.5, 0.6) is 0 Å². The predicted octanol–water partition coefficient (Wildman–Crippen LogP) is 2.36. The fraction of sp³-hybridized carbons (Fsp3) is 0.333. The minimum atomic E-state index is 0.601. The highest BCUT2D eigenvalue weighted by Gasteiger charge is 1.86. The molecule has 10 heavy (non-hydrogen) atoms. The van der Waals surface area contributed by atoms with Crippen LogP contribution in [0.25, 0.3) is 0 Å². The molecular formula is C6H8N2S2. The zero-order valence-corrected chi connectivity index (χ0v) is 7.23. The van der Waals surface area contributed by atoms with Crippen molar-refractivity contribution >= 4 is 24.4 Å². The minimum Gasteiger partial charge on any atom is -0.336 e. The third-order valence-electron chi connectivity index (χ3n) is 1.20. The Morgan fingerprint density at radius 1 is 1.40 bits per heavy atom. The molecule has 0 aromatic carbocycles. The van der Waals surface area contributed by atoms with Crippen molar-refractivity contribution in [1.82, 2.24) is 9.97 Å². The lowest BCUT2D eigenvalue weighted by atomic mass is 10.3. The molecule has 0 saturated carbocycles. The van der Waals surface area contributed by atoms with Crippen LogP contribution < -0.4 is 0 Å². The average Bonchev–Trinajstić information content (AvgIpc) is 1.85. The van der Waals surface area contributed by atoms with E-state index in [1.807, 2.05) is 6.07 Å². The first-order chi connectivity index (χ1) is 4.72. The van der Waals surface area contributed by atoms with E-state index in [9.17, 15) is 0 Å². The van der Waals surface area contributed by atoms with E-state index < -0.39 is 0 Å². The van der Waals surface area contributed by atoms with Gasteiger partial charge in [-0.05, 0) is 24.7 Å². The number of rotatable bonds is 1. The third-order valence-corrected chi connectivity index (χ3v) is 1.62. The second-order valence-corrected chi connectivity index (χ2v) is 2.81. The number of aryl methyl sites for hydroxylation is 1. The van der Waals surface area contributed by atoms with Crippen molar-refractivity contribution in [2.45, 2.75) is 13.3 Å². The Morgan fingerprint density at radius 3 is 2.60 bits per heavy atom. The van der Waals surface area contributed by atoms with Gasteiger partial charge in [0.2, 0.25) is 0 Å². The van der Waals surface area contributed by atoms with Crippen molar-refractivity contribution in [2.75, 3.05) is 0 Å². The van der Waals surface area contributed by atoms with E-state index >= 15 is 0 Å². The van der Waals surface area contributed by atoms with Gasteiger partial charge in [-0.15, -0.1) is 0 Å². The van der Waals surface area contributed by atoms with Crippen LogP contribution in [-0.2, 0) is 6.42 Å². The summed E-state index contributed by atoms with van der Waals surface area (Å²) in [6.07, 6.45) is 0.932. The van der Waals surface area contributed by atoms with E-state index in [0.717, 1.165) is 12.1 Å². The lowest BCUT2D eigenvalue weighted by molar-refractivity contribution is 0.977. The number of H-pyrrole nitrogens is 2. The topological polar surface area (TPSA) is 31.6 Å². The molecule has 1 rings (SSSR count). The van der Waals surface area contributed by atoms with E-state index in [0.29, 0.717) is 9.41 Å². The summed E-state index contributed by atoms with van der Waals surface area (Å²) in [5.41, 5.74) is 1.08. The minimum absolute atomic E-state index is 0.601. The Labute approximate surface area is 69.3 Å². The van der Waals surface area contributed by atoms with E-state index in [4.69, 9.17) is 24.4 Å². The fourth-order valence-electron chi connectivity index (χ4n) is 0.710. The van der Waals surface area contributed by atoms with E-state index in [1.54, 1.807) is 0 Å². The molecule has 0 spiro atoms. The molecule has 0 bridgehead atoms. The molecule has 2 nitrogen and oxygen atoms in total. The van der Waals surface area contributed by atoms with Crippen molar-refractivity contribution in [3.8, 4) is 0 Å². The van der Waals surface area contributed by atoms with Gasteiger partial charge in [-0.2, -0.15) is 0 Å². The summed E-state index contributed by atoms with van der Waals surface area (Å²) in [7, 11) is 0. The maximum absolute atomic E-state index is 4.91. The van der Waals surface area contributed by atoms with Gasteiger partial charge in [0.1, 0.15) is 4.64 Å². The maximum Gasteiger partial charge on any atom is 0.175 e. The van der Waals surface area contributed by atoms with Crippen molar-refractivity contribution in [3.05, 3.63) is 21.2 Å². The molecule has 1 aromatic rings. The van der Waals surface area contributed by atoms with Gasteiger partial charge in [-0.3, -0.25) is 0 Å². The first-order valence-electron chi connectivity index (χ1n) is 3.05. The Kier molecular flexibility index (Phi) is 2.34. The Morgan fingerprint density at radius 2 is 2.10 bits per heavy atom. The molecule has 0 radical (unpaired) electrons. The van der Waals surface area contributed by atoms with Gasteiger partial charge in [-0.1, -0.05) is 19.1 Å². The van der Waals surface area contributed by atoms with Crippen molar-refractivity contribution in [2.24, 2.45) is 0 Å². The maximum atomic E-state index is 4.91. The highest BCUT2D eigenvalue weighted by atomic mass is 32.1. The van der Waals surface area contributed by atoms with Crippen LogP contribution in [0.2, 0.25) is 0 Å². The SMILES string of the molecule is CCc1cc(=S)[nH]c(=S)[nH]1. The lowest BCUT2D eigenvalue weighted by Gasteiger charge is -1.94. The number of hydrogen-bond acceptors (Lipinski definition) is 2. The number of aromatic amines is 2. The van der Waals surface area contributed by atoms with Crippen LogP contribution in [0, 0.1) is 9.41 Å². The molecule has 1 aromatic heterocycles. The zero-order chi connectivity index (χ0) is 7.56. The molecule has 4 heteroatoms. The van der Waals surface area contributed by atoms with Gasteiger partial charge < -0.3 is 9.97 Å². The molecule has 0 aliphatic carbocycles. The summed E-state index contributed by atoms with van der Waals surface area (Å²) in [6, 6.07) is 1.88. The van der Waals surface area contributed by atoms with Crippen LogP contribution >= 0.6 is 24.4 Å². The quantitative estimate of drug-likeness (QED) is 0.637. The Balaban J connectivity index is 3.33. The van der Waals surface area contributed by atoms with Gasteiger partial charge >= 0.3 is 0 Å². The summed E-state index contributed by atoms with van der Waals surface area (Å²) < 4.78 is 1.30. The van der Waals surface area contributed by atoms with Crippen LogP contribution in [0.4, 0.5) is 0 Å². The molecule has 1 heterocycles. The first kappa shape index (κ1) is 7.63. The van der Waals surface area contributed by atoms with Crippen molar-refractivity contribution in [3.63, 3.8) is 0 Å². The molecule has 0 aliphatic heterocycles. The smallest absolute Gasteiger partial charge is 0.175 e. The van der Waals surface area contributed by atoms with Gasteiger partial charge in [0.25, 0.3) is 0 Å². The average molecular weight is 172 g/mol. The monoisotopic (exact) mass is 172 g/mol. The summed E-state index contributed by atoms with van der Waals surface area (Å²) in [5.74, 6) is 0. The van der Waals surface area contributed by atoms with Crippen LogP contribution in [0.3, 0.4) is 0 Å². The van der Waals surface area contributed by atoms with Crippen LogP contribution in [-0.4, -0.2) is 9.97 Å². The number of nitrogens with one attached hydrogen (secondary N) is 2. The molecular weight excluding hydrogens is 164 g/mol. The van der Waals surface area contributed by atoms with E-state index in [-0.39, 0.29) is 0 Å². The Bertz CT molecular complexity index is 295. The molecule has 2 N–H and O–H groups in total. The predicted molar refractivity (Wildman–Crippen MR) is 46.2 cm³/mol. The van der Waals surface area contributed by atoms with Crippen molar-refractivity contribution in [1.29, 1.82) is 0 Å². The molecule has 0 fully saturated rings. The summed E-state index contributed by atoms with van der Waals surface area (Å²) in [4.78, 5) is 5.81. The van der Waals surface area contributed by atoms with Crippen molar-refractivity contribution < 1.29 is 0 Å². The first-order valence-corrected chi connectivity index (χ1v) is 3.86. The van der Waals surface area contributed by atoms with Gasteiger partial charge in [0, 0.05) is 5.69 Å². The highest BCUT2D eigenvalue weighted by Crippen LogP contribution is 1.94. The lowest BCUT2D eigenvalue weighted by Crippen LogP contribution is -1.89. The highest BCUT2D eigenvalue weighted by molar-refractivity contribution is 7.72. The molecule has 0 saturated heterocycles. The molecule has 54 valence electrons. The summed E-state index contributed by atoms with van der Waals surface area (Å²) >= 11 is 9.79. The van der Waals surface area contributed by atoms with E-state index in [1.165, 1.54) is 0 Å². The Hall–Kier alpha value is -0.480. The second-order valence-electron chi connectivity index (χ2n) is 1.97. The number of aromatic nitrogens is 2. The normalized spacial score (nSPS) is 9.70. The standard InChI is InChI=1S/C6H8N2S2/c1-2-4-3-5(9)8-6(10)7-4/h3H,2H2,1H3,(H2,7,8,9,10). The fourth-order valence-corrected chi connectivity index (χ4v) is 1.26. The van der Waals surface area contributed by atoms with Crippen LogP contribution in [0.15, 0.2) is 6.07 Å². The van der Waals surface area contributed by atoms with Gasteiger partial charge in [0.05, 0.1) is 0 Å². The third kappa shape index (κ3) is 1.75. The van der Waals surface area contributed by atoms with Gasteiger partial charge in [-0.25, -0.2) is 0 Å². The molecule has 0 amide bonds. The van der Waals surface area contributed by atoms with E-state index in [2.05, 4.69) is 16.9 Å². The molecule has 0 atom stereocenters. The molecule has 0 aliphatic rings. The summed E-state index contributed by atoms with van der Waals surface area (Å²) in [5, 5.41) is 0. The van der Waals surface area contributed by atoms with Gasteiger partial charge in [0.15, 0.2) is 4.77 Å². The second kappa shape index (κ2) is 3.07. The largest absolute Gasteiger partial charge is 0.336 e.